The SMILES string of the molecule is CCO[Si](CCc1ccc(N=NOS(=O)(=O)c2ccccc2)cc1)(OCC)OCC. The minimum Gasteiger partial charge on any atom is -0.374 e. The van der Waals surface area contributed by atoms with Gasteiger partial charge >= 0.3 is 18.9 Å². The molecule has 2 aromatic rings. The fourth-order valence-corrected chi connectivity index (χ4v) is 6.06. The summed E-state index contributed by atoms with van der Waals surface area (Å²) in [5.74, 6) is 0. The van der Waals surface area contributed by atoms with E-state index < -0.39 is 18.9 Å². The van der Waals surface area contributed by atoms with Gasteiger partial charge in [0.05, 0.1) is 5.69 Å². The molecule has 0 aliphatic rings. The molecule has 8 nitrogen and oxygen atoms in total. The van der Waals surface area contributed by atoms with Gasteiger partial charge in [0.25, 0.3) is 0 Å². The van der Waals surface area contributed by atoms with E-state index in [0.29, 0.717) is 31.6 Å². The van der Waals surface area contributed by atoms with Gasteiger partial charge in [0, 0.05) is 31.1 Å². The van der Waals surface area contributed by atoms with E-state index in [1.165, 1.54) is 12.1 Å². The number of hydrogen-bond donors (Lipinski definition) is 0. The second-order valence-corrected chi connectivity index (χ2v) is 10.4. The van der Waals surface area contributed by atoms with Gasteiger partial charge in [-0.3, -0.25) is 0 Å². The van der Waals surface area contributed by atoms with Crippen LogP contribution in [0.25, 0.3) is 0 Å². The first-order chi connectivity index (χ1) is 14.4. The third-order valence-corrected chi connectivity index (χ3v) is 8.23. The fraction of sp³-hybridized carbons (Fsp3) is 0.400. The summed E-state index contributed by atoms with van der Waals surface area (Å²) in [5.41, 5.74) is 1.53. The molecule has 2 rings (SSSR count). The lowest BCUT2D eigenvalue weighted by Gasteiger charge is -2.28. The van der Waals surface area contributed by atoms with Crippen LogP contribution in [0.4, 0.5) is 5.69 Å². The predicted octanol–water partition coefficient (Wildman–Crippen LogP) is 4.68. The van der Waals surface area contributed by atoms with Gasteiger partial charge in [-0.2, -0.15) is 8.42 Å². The van der Waals surface area contributed by atoms with Crippen LogP contribution in [0.2, 0.25) is 6.04 Å². The molecule has 0 amide bonds. The Morgan fingerprint density at radius 3 is 1.93 bits per heavy atom. The van der Waals surface area contributed by atoms with Crippen LogP contribution in [0.1, 0.15) is 26.3 Å². The van der Waals surface area contributed by atoms with Crippen molar-refractivity contribution in [1.82, 2.24) is 0 Å². The summed E-state index contributed by atoms with van der Waals surface area (Å²) in [6.07, 6.45) is 0.725. The summed E-state index contributed by atoms with van der Waals surface area (Å²) in [5, 5.41) is 7.17. The summed E-state index contributed by atoms with van der Waals surface area (Å²) in [6, 6.07) is 15.7. The monoisotopic (exact) mass is 452 g/mol. The molecule has 0 bridgehead atoms. The lowest BCUT2D eigenvalue weighted by molar-refractivity contribution is 0.0714. The Labute approximate surface area is 179 Å². The van der Waals surface area contributed by atoms with Crippen molar-refractivity contribution >= 4 is 24.6 Å². The van der Waals surface area contributed by atoms with Crippen molar-refractivity contribution in [2.45, 2.75) is 38.1 Å². The van der Waals surface area contributed by atoms with Crippen LogP contribution in [0, 0.1) is 0 Å². The summed E-state index contributed by atoms with van der Waals surface area (Å²) in [7, 11) is -6.67. The third kappa shape index (κ3) is 7.29. The number of benzene rings is 2. The first-order valence-electron chi connectivity index (χ1n) is 9.85. The van der Waals surface area contributed by atoms with Gasteiger partial charge in [0.15, 0.2) is 0 Å². The molecule has 30 heavy (non-hydrogen) atoms. The normalized spacial score (nSPS) is 12.4. The van der Waals surface area contributed by atoms with Crippen molar-refractivity contribution in [2.75, 3.05) is 19.8 Å². The Morgan fingerprint density at radius 2 is 1.40 bits per heavy atom. The van der Waals surface area contributed by atoms with E-state index in [1.807, 2.05) is 32.9 Å². The van der Waals surface area contributed by atoms with Gasteiger partial charge in [-0.1, -0.05) is 30.3 Å². The second kappa shape index (κ2) is 11.9. The molecule has 0 spiro atoms. The Bertz CT molecular complexity index is 874. The van der Waals surface area contributed by atoms with Crippen LogP contribution in [-0.2, 0) is 34.1 Å². The molecular formula is C20H28N2O6SSi. The maximum absolute atomic E-state index is 12.0. The molecule has 0 radical (unpaired) electrons. The smallest absolute Gasteiger partial charge is 0.374 e. The van der Waals surface area contributed by atoms with Gasteiger partial charge < -0.3 is 13.3 Å². The van der Waals surface area contributed by atoms with Gasteiger partial charge in [-0.05, 0) is 57.0 Å². The Kier molecular flexibility index (Phi) is 9.60. The first-order valence-corrected chi connectivity index (χ1v) is 13.2. The molecule has 0 saturated carbocycles. The molecule has 164 valence electrons. The molecule has 0 aliphatic carbocycles. The third-order valence-electron chi connectivity index (χ3n) is 4.07. The zero-order valence-corrected chi connectivity index (χ0v) is 19.3. The Balaban J connectivity index is 1.96. The van der Waals surface area contributed by atoms with E-state index in [2.05, 4.69) is 14.7 Å². The maximum Gasteiger partial charge on any atom is 0.501 e. The zero-order chi connectivity index (χ0) is 21.9. The average molecular weight is 453 g/mol. The number of nitrogens with zero attached hydrogens (tertiary/aromatic N) is 2. The molecule has 0 fully saturated rings. The molecule has 10 heteroatoms. The van der Waals surface area contributed by atoms with Crippen molar-refractivity contribution < 1.29 is 26.0 Å². The zero-order valence-electron chi connectivity index (χ0n) is 17.5. The molecule has 0 aromatic heterocycles. The van der Waals surface area contributed by atoms with Crippen LogP contribution in [-0.4, -0.2) is 37.0 Å². The fourth-order valence-electron chi connectivity index (χ4n) is 2.77. The highest BCUT2D eigenvalue weighted by Gasteiger charge is 2.39. The minimum atomic E-state index is -3.98. The Morgan fingerprint density at radius 1 is 0.833 bits per heavy atom. The van der Waals surface area contributed by atoms with Crippen molar-refractivity contribution in [3.05, 3.63) is 60.2 Å². The van der Waals surface area contributed by atoms with Crippen LogP contribution in [0.3, 0.4) is 0 Å². The molecule has 0 saturated heterocycles. The van der Waals surface area contributed by atoms with Crippen LogP contribution in [0.5, 0.6) is 0 Å². The lowest BCUT2D eigenvalue weighted by atomic mass is 10.1. The molecule has 0 atom stereocenters. The highest BCUT2D eigenvalue weighted by molar-refractivity contribution is 7.86. The molecule has 2 aromatic carbocycles. The summed E-state index contributed by atoms with van der Waals surface area (Å²) < 4.78 is 46.2. The molecule has 0 unspecified atom stereocenters. The summed E-state index contributed by atoms with van der Waals surface area (Å²) in [6.45, 7) is 7.41. The quantitative estimate of drug-likeness (QED) is 0.249. The van der Waals surface area contributed by atoms with E-state index in [4.69, 9.17) is 13.3 Å². The molecule has 0 heterocycles. The van der Waals surface area contributed by atoms with Crippen molar-refractivity contribution in [1.29, 1.82) is 0 Å². The van der Waals surface area contributed by atoms with Crippen LogP contribution >= 0.6 is 0 Å². The largest absolute Gasteiger partial charge is 0.501 e. The molecular weight excluding hydrogens is 424 g/mol. The van der Waals surface area contributed by atoms with Gasteiger partial charge in [0.2, 0.25) is 0 Å². The average Bonchev–Trinajstić information content (AvgIpc) is 2.74. The van der Waals surface area contributed by atoms with E-state index in [-0.39, 0.29) is 4.90 Å². The van der Waals surface area contributed by atoms with Crippen LogP contribution < -0.4 is 0 Å². The van der Waals surface area contributed by atoms with Gasteiger partial charge in [0.1, 0.15) is 4.90 Å². The first kappa shape index (κ1) is 24.2. The standard InChI is InChI=1S/C20H28N2O6SSi/c1-4-25-30(26-5-2,27-6-3)17-16-18-12-14-19(15-13-18)21-22-28-29(23,24)20-10-8-7-9-11-20/h7-15H,4-6,16-17H2,1-3H3. The highest BCUT2D eigenvalue weighted by atomic mass is 32.2. The van der Waals surface area contributed by atoms with E-state index in [1.54, 1.807) is 30.3 Å². The number of aryl methyl sites for hydroxylation is 1. The van der Waals surface area contributed by atoms with E-state index in [0.717, 1.165) is 12.0 Å². The Hall–Kier alpha value is -2.11. The minimum absolute atomic E-state index is 0.0184. The molecule has 0 N–H and O–H groups in total. The topological polar surface area (TPSA) is 95.8 Å². The predicted molar refractivity (Wildman–Crippen MR) is 115 cm³/mol. The van der Waals surface area contributed by atoms with Crippen LogP contribution in [0.15, 0.2) is 69.9 Å². The van der Waals surface area contributed by atoms with Gasteiger partial charge in [-0.25, -0.2) is 4.28 Å². The number of rotatable bonds is 13. The second-order valence-electron chi connectivity index (χ2n) is 6.17. The molecule has 0 aliphatic heterocycles. The van der Waals surface area contributed by atoms with E-state index >= 15 is 0 Å². The van der Waals surface area contributed by atoms with Gasteiger partial charge in [-0.15, -0.1) is 5.11 Å². The maximum atomic E-state index is 12.0. The highest BCUT2D eigenvalue weighted by Crippen LogP contribution is 2.21. The summed E-state index contributed by atoms with van der Waals surface area (Å²) in [4.78, 5) is 0.0184. The lowest BCUT2D eigenvalue weighted by Crippen LogP contribution is -2.46. The van der Waals surface area contributed by atoms with Crippen molar-refractivity contribution in [2.24, 2.45) is 10.4 Å². The van der Waals surface area contributed by atoms with Crippen molar-refractivity contribution in [3.8, 4) is 0 Å². The number of hydrogen-bond acceptors (Lipinski definition) is 8. The van der Waals surface area contributed by atoms with E-state index in [9.17, 15) is 8.42 Å². The van der Waals surface area contributed by atoms with Crippen molar-refractivity contribution in [3.63, 3.8) is 0 Å². The summed E-state index contributed by atoms with van der Waals surface area (Å²) >= 11 is 0.